The molecule has 0 rings (SSSR count). The number of carboxylic acid groups (broad SMARTS) is 1. The molecule has 0 aromatic rings. The number of nitrogens with zero attached hydrogens (tertiary/aromatic N) is 1. The van der Waals surface area contributed by atoms with E-state index in [0.717, 1.165) is 0 Å². The Kier molecular flexibility index (Phi) is 4.21. The Morgan fingerprint density at radius 2 is 2.00 bits per heavy atom. The third kappa shape index (κ3) is 6.54. The van der Waals surface area contributed by atoms with Crippen LogP contribution in [0.5, 0.6) is 0 Å². The number of hydrogen-bond acceptors (Lipinski definition) is 3. The zero-order valence-electron chi connectivity index (χ0n) is 7.37. The monoisotopic (exact) mass is 185 g/mol. The van der Waals surface area contributed by atoms with Gasteiger partial charge in [-0.3, -0.25) is 0 Å². The van der Waals surface area contributed by atoms with E-state index in [4.69, 9.17) is 10.8 Å². The average Bonchev–Trinajstić information content (AvgIpc) is 1.80. The molecule has 4 N–H and O–H groups in total. The summed E-state index contributed by atoms with van der Waals surface area (Å²) in [5.41, 5.74) is 6.14. The molecule has 3 amide bonds. The maximum Gasteiger partial charge on any atom is 0.412 e. The van der Waals surface area contributed by atoms with Gasteiger partial charge >= 0.3 is 12.1 Å². The molecule has 0 saturated carbocycles. The number of amides is 3. The van der Waals surface area contributed by atoms with Crippen LogP contribution in [0.4, 0.5) is 9.59 Å². The van der Waals surface area contributed by atoms with Crippen LogP contribution in [-0.2, 0) is 0 Å². The standard InChI is InChI=1S/C7H11N3O3/c1-4(8)3-5(2)9-6(11)10-7(12)13/h3H,8H2,1-2H3,(H,10,11)(H,12,13)/b4-3+,9-5+. The minimum Gasteiger partial charge on any atom is -0.465 e. The van der Waals surface area contributed by atoms with E-state index in [-0.39, 0.29) is 0 Å². The van der Waals surface area contributed by atoms with Crippen molar-refractivity contribution in [1.82, 2.24) is 5.32 Å². The number of rotatable bonds is 1. The van der Waals surface area contributed by atoms with Gasteiger partial charge in [0.1, 0.15) is 0 Å². The van der Waals surface area contributed by atoms with Gasteiger partial charge in [0.2, 0.25) is 0 Å². The molecule has 6 heteroatoms. The second-order valence-corrected chi connectivity index (χ2v) is 2.38. The third-order valence-corrected chi connectivity index (χ3v) is 0.928. The van der Waals surface area contributed by atoms with Gasteiger partial charge in [0.15, 0.2) is 0 Å². The molecular formula is C7H11N3O3. The highest BCUT2D eigenvalue weighted by Gasteiger charge is 2.02. The number of aliphatic imine (C=N–C) groups is 1. The number of nitrogens with one attached hydrogen (secondary N) is 1. The Morgan fingerprint density at radius 1 is 1.46 bits per heavy atom. The van der Waals surface area contributed by atoms with E-state index >= 15 is 0 Å². The van der Waals surface area contributed by atoms with Crippen LogP contribution in [0.1, 0.15) is 13.8 Å². The highest BCUT2D eigenvalue weighted by molar-refractivity contribution is 6.03. The summed E-state index contributed by atoms with van der Waals surface area (Å²) in [6.45, 7) is 3.17. The fourth-order valence-corrected chi connectivity index (χ4v) is 0.641. The number of allylic oxidation sites excluding steroid dienone is 2. The van der Waals surface area contributed by atoms with Gasteiger partial charge in [-0.2, -0.15) is 4.99 Å². The zero-order chi connectivity index (χ0) is 10.4. The molecule has 0 saturated heterocycles. The van der Waals surface area contributed by atoms with Crippen LogP contribution in [0.15, 0.2) is 16.8 Å². The number of carbonyl (C=O) groups is 2. The van der Waals surface area contributed by atoms with Crippen LogP contribution in [0.25, 0.3) is 0 Å². The maximum atomic E-state index is 10.7. The Bertz CT molecular complexity index is 277. The summed E-state index contributed by atoms with van der Waals surface area (Å²) in [6.07, 6.45) is 0.0246. The molecule has 0 radical (unpaired) electrons. The van der Waals surface area contributed by atoms with Gasteiger partial charge in [0.05, 0.1) is 0 Å². The molecule has 13 heavy (non-hydrogen) atoms. The lowest BCUT2D eigenvalue weighted by Crippen LogP contribution is -2.26. The van der Waals surface area contributed by atoms with Gasteiger partial charge in [0, 0.05) is 11.4 Å². The predicted molar refractivity (Wildman–Crippen MR) is 47.6 cm³/mol. The molecule has 0 aliphatic carbocycles. The van der Waals surface area contributed by atoms with Crippen molar-refractivity contribution in [3.63, 3.8) is 0 Å². The number of imide groups is 1. The van der Waals surface area contributed by atoms with E-state index in [0.29, 0.717) is 11.4 Å². The van der Waals surface area contributed by atoms with Gasteiger partial charge in [-0.15, -0.1) is 0 Å². The van der Waals surface area contributed by atoms with Crippen molar-refractivity contribution in [3.05, 3.63) is 11.8 Å². The smallest absolute Gasteiger partial charge is 0.412 e. The molecule has 0 bridgehead atoms. The van der Waals surface area contributed by atoms with Crippen LogP contribution >= 0.6 is 0 Å². The Balaban J connectivity index is 4.31. The number of urea groups is 1. The molecule has 0 aromatic carbocycles. The quantitative estimate of drug-likeness (QED) is 0.523. The Labute approximate surface area is 75.1 Å². The third-order valence-electron chi connectivity index (χ3n) is 0.928. The summed E-state index contributed by atoms with van der Waals surface area (Å²) >= 11 is 0. The second kappa shape index (κ2) is 4.91. The Hall–Kier alpha value is -1.85. The van der Waals surface area contributed by atoms with Crippen LogP contribution in [0, 0.1) is 0 Å². The fraction of sp³-hybridized carbons (Fsp3) is 0.286. The average molecular weight is 185 g/mol. The topological polar surface area (TPSA) is 105 Å². The fourth-order valence-electron chi connectivity index (χ4n) is 0.641. The van der Waals surface area contributed by atoms with Crippen LogP contribution in [0.3, 0.4) is 0 Å². The summed E-state index contributed by atoms with van der Waals surface area (Å²) in [6, 6.07) is -0.928. The normalized spacial score (nSPS) is 12.5. The molecule has 72 valence electrons. The molecule has 0 atom stereocenters. The summed E-state index contributed by atoms with van der Waals surface area (Å²) in [4.78, 5) is 24.1. The van der Waals surface area contributed by atoms with Crippen molar-refractivity contribution in [2.75, 3.05) is 0 Å². The first-order chi connectivity index (χ1) is 5.91. The van der Waals surface area contributed by atoms with Gasteiger partial charge in [-0.05, 0) is 19.9 Å². The van der Waals surface area contributed by atoms with E-state index in [1.165, 1.54) is 13.0 Å². The van der Waals surface area contributed by atoms with Crippen molar-refractivity contribution < 1.29 is 14.7 Å². The van der Waals surface area contributed by atoms with E-state index in [1.807, 2.05) is 0 Å². The van der Waals surface area contributed by atoms with Crippen molar-refractivity contribution >= 4 is 17.8 Å². The van der Waals surface area contributed by atoms with Crippen molar-refractivity contribution in [3.8, 4) is 0 Å². The highest BCUT2D eigenvalue weighted by Crippen LogP contribution is 1.86. The van der Waals surface area contributed by atoms with Gasteiger partial charge in [-0.25, -0.2) is 14.9 Å². The molecular weight excluding hydrogens is 174 g/mol. The van der Waals surface area contributed by atoms with Crippen LogP contribution < -0.4 is 11.1 Å². The zero-order valence-corrected chi connectivity index (χ0v) is 7.37. The molecule has 0 unspecified atom stereocenters. The molecule has 0 fully saturated rings. The molecule has 0 aliphatic rings. The molecule has 0 heterocycles. The minimum atomic E-state index is -1.44. The first-order valence-corrected chi connectivity index (χ1v) is 3.45. The summed E-state index contributed by atoms with van der Waals surface area (Å²) in [5, 5.41) is 9.70. The number of carbonyl (C=O) groups excluding carboxylic acids is 1. The maximum absolute atomic E-state index is 10.7. The summed E-state index contributed by atoms with van der Waals surface area (Å²) in [5.74, 6) is 0. The second-order valence-electron chi connectivity index (χ2n) is 2.38. The number of hydrogen-bond donors (Lipinski definition) is 3. The van der Waals surface area contributed by atoms with E-state index in [2.05, 4.69) is 4.99 Å². The van der Waals surface area contributed by atoms with Crippen molar-refractivity contribution in [2.45, 2.75) is 13.8 Å². The molecule has 6 nitrogen and oxygen atoms in total. The highest BCUT2D eigenvalue weighted by atomic mass is 16.4. The lowest BCUT2D eigenvalue weighted by atomic mass is 10.3. The van der Waals surface area contributed by atoms with Gasteiger partial charge in [0.25, 0.3) is 0 Å². The lowest BCUT2D eigenvalue weighted by molar-refractivity contribution is 0.193. The minimum absolute atomic E-state index is 0.346. The van der Waals surface area contributed by atoms with Gasteiger partial charge < -0.3 is 10.8 Å². The van der Waals surface area contributed by atoms with E-state index in [1.54, 1.807) is 12.2 Å². The van der Waals surface area contributed by atoms with Crippen molar-refractivity contribution in [2.24, 2.45) is 10.7 Å². The predicted octanol–water partition coefficient (Wildman–Crippen LogP) is 0.697. The SMILES string of the molecule is C/C(N)=C\C(C)=N\C(=O)NC(=O)O. The first kappa shape index (κ1) is 11.2. The summed E-state index contributed by atoms with van der Waals surface area (Å²) in [7, 11) is 0. The molecule has 0 aliphatic heterocycles. The van der Waals surface area contributed by atoms with Crippen molar-refractivity contribution in [1.29, 1.82) is 0 Å². The van der Waals surface area contributed by atoms with Gasteiger partial charge in [-0.1, -0.05) is 0 Å². The molecule has 0 aromatic heterocycles. The number of nitrogens with two attached hydrogens (primary N) is 1. The molecule has 0 spiro atoms. The lowest BCUT2D eigenvalue weighted by Gasteiger charge is -1.94. The van der Waals surface area contributed by atoms with Crippen LogP contribution in [-0.4, -0.2) is 22.9 Å². The van der Waals surface area contributed by atoms with E-state index < -0.39 is 12.1 Å². The largest absolute Gasteiger partial charge is 0.465 e. The van der Waals surface area contributed by atoms with Crippen LogP contribution in [0.2, 0.25) is 0 Å². The first-order valence-electron chi connectivity index (χ1n) is 3.45. The van der Waals surface area contributed by atoms with E-state index in [9.17, 15) is 9.59 Å². The Morgan fingerprint density at radius 3 is 2.38 bits per heavy atom. The summed E-state index contributed by atoms with van der Waals surface area (Å²) < 4.78 is 0.